The third-order valence-corrected chi connectivity index (χ3v) is 15.7. The topological polar surface area (TPSA) is 853 Å². The highest BCUT2D eigenvalue weighted by molar-refractivity contribution is 8.27. The number of amides is 4. The maximum Gasteiger partial charge on any atom is 0.503 e. The quantitative estimate of drug-likeness (QED) is 0.00288. The van der Waals surface area contributed by atoms with Crippen LogP contribution in [-0.2, 0) is 28.0 Å². The van der Waals surface area contributed by atoms with E-state index in [1.807, 2.05) is 0 Å². The molecule has 0 fully saturated rings. The number of hydrogen-bond acceptors (Lipinski definition) is 36. The first-order valence-electron chi connectivity index (χ1n) is 37.7. The smallest absolute Gasteiger partial charge is 0.478 e. The summed E-state index contributed by atoms with van der Waals surface area (Å²) in [4.78, 5) is 180. The molecule has 5 aromatic carbocycles. The van der Waals surface area contributed by atoms with Crippen LogP contribution in [0.4, 0.5) is 61.1 Å². The van der Waals surface area contributed by atoms with Crippen molar-refractivity contribution in [3.63, 3.8) is 0 Å². The lowest BCUT2D eigenvalue weighted by Gasteiger charge is -2.07. The second-order valence-corrected chi connectivity index (χ2v) is 31.9. The average Bonchev–Trinajstić information content (AvgIpc) is 1.58. The number of hydrogen-bond donors (Lipinski definition) is 17. The Balaban J connectivity index is 0.000000815. The number of benzene rings is 5. The SMILES string of the molecule is Cc1nc(C)c(C(=O)Cl)o1.Cc1nc(C)c(C(=O)Nc2ccc(F)c(-c3nc(N)n[nH]3)c2)o1.Cc1nc(C)c(C(=O)Nc2ccc(F)c(C(=O)CN=C(N)N)c2)o1.Cc1nc(C)c(C(=O)Nc2ccc(F)c(C(=O)Cl)c2)o1.Cc1nc(C)c(C(=O)Nc2ccc(F)c(C(=O)O)c2)o1.Cc1nc(C)c(C(=O)O)o1.NN=C(N)N.Nc1ccc(F)c(C(=O)O)c1.O=C(O)O.O=CC(C=O)[N+](=O)[O-].O=S(Cl)Cl.O=S(Cl)Cl. The number of aromatic nitrogens is 9. The Kier molecular flexibility index (Phi) is 53.1. The molecule has 0 unspecified atom stereocenters. The van der Waals surface area contributed by atoms with Crippen molar-refractivity contribution >= 4 is 207 Å². The maximum absolute atomic E-state index is 13.9. The molecule has 0 aliphatic heterocycles. The zero-order valence-electron chi connectivity index (χ0n) is 75.2. The molecule has 0 radical (unpaired) electrons. The number of carbonyl (C=O) groups excluding carboxylic acids is 9. The minimum atomic E-state index is -1.83. The molecule has 64 heteroatoms. The Labute approximate surface area is 832 Å². The number of nitrogen functional groups attached to an aromatic ring is 2. The fourth-order valence-corrected chi connectivity index (χ4v) is 10.1. The predicted octanol–water partition coefficient (Wildman–Crippen LogP) is 11.9. The highest BCUT2D eigenvalue weighted by atomic mass is 36.0. The van der Waals surface area contributed by atoms with E-state index >= 15 is 0 Å². The van der Waals surface area contributed by atoms with Gasteiger partial charge in [-0.05, 0) is 156 Å². The summed E-state index contributed by atoms with van der Waals surface area (Å²) in [6.45, 7) is 19.2. The number of rotatable bonds is 20. The van der Waals surface area contributed by atoms with Crippen molar-refractivity contribution in [1.82, 2.24) is 45.1 Å². The first kappa shape index (κ1) is 124. The summed E-state index contributed by atoms with van der Waals surface area (Å²) in [5, 5.41) is 66.7. The van der Waals surface area contributed by atoms with Crippen LogP contribution in [0.2, 0.25) is 0 Å². The average molecular weight is 2170 g/mol. The summed E-state index contributed by atoms with van der Waals surface area (Å²) in [6.07, 6.45) is -1.87. The second-order valence-electron chi connectivity index (χ2n) is 26.1. The first-order chi connectivity index (χ1) is 66.5. The van der Waals surface area contributed by atoms with Gasteiger partial charge < -0.3 is 114 Å². The van der Waals surface area contributed by atoms with E-state index in [0.29, 0.717) is 75.2 Å². The molecule has 768 valence electrons. The van der Waals surface area contributed by atoms with Gasteiger partial charge in [-0.25, -0.2) is 84.4 Å². The number of carboxylic acids is 3. The Morgan fingerprint density at radius 1 is 0.441 bits per heavy atom. The first-order valence-corrected chi connectivity index (χ1v) is 44.1. The minimum Gasteiger partial charge on any atom is -0.478 e. The highest BCUT2D eigenvalue weighted by Gasteiger charge is 2.25. The summed E-state index contributed by atoms with van der Waals surface area (Å²) >= 11 is 10.4. The van der Waals surface area contributed by atoms with Gasteiger partial charge in [-0.2, -0.15) is 4.98 Å². The molecular formula is C79H80Cl6F5N23O28S2. The van der Waals surface area contributed by atoms with Crippen molar-refractivity contribution in [1.29, 1.82) is 0 Å². The number of oxazole rings is 6. The van der Waals surface area contributed by atoms with Gasteiger partial charge in [-0.3, -0.25) is 58.4 Å². The van der Waals surface area contributed by atoms with Crippen LogP contribution in [0.1, 0.15) is 174 Å². The fraction of sp³-hybridized carbons (Fsp3) is 0.177. The molecule has 24 N–H and O–H groups in total. The van der Waals surface area contributed by atoms with E-state index in [2.05, 4.69) is 125 Å². The van der Waals surface area contributed by atoms with Crippen LogP contribution in [0.5, 0.6) is 0 Å². The molecule has 0 saturated carbocycles. The standard InChI is InChI=1S/C15H16FN5O3.C14H13FN6O2.C13H10ClFN2O3.C13H11FN2O4.C7H6FNO2.C6H6ClNO2.C6H7NO3.C3H3NO4.CH6N4.CH2O3.2Cl2OS/c1-7-13(24-8(2)20-7)14(23)21-9-3-4-11(16)10(5-9)12(22)6-19-15(17)18;1-6-11(23-7(2)17-6)13(22)18-8-3-4-10(15)9(5-8)12-19-14(16)21-20-12;1-6-11(20-7(2)16-6)13(19)17-8-3-4-10(15)9(5-8)12(14)18;1-6-11(20-7(2)15-6)12(17)16-8-3-4-10(14)9(5-8)13(18)19;8-6-2-1-4(9)3-5(6)7(10)11;1-3-5(6(7)9)10-4(2)8-3;1-3-5(6(8)9)10-4(2)7-3;5-1-3(2-6)4(7)8;2-1(3)5-4;2-1(3)4;2*1-4(2)3/h3-5H,6H2,1-2H3,(H,21,23)(H4,17,18,19);3-5H,1-2H3,(H,18,22)(H3,16,19,20,21);3-5H,1-2H3,(H,17,19);3-5H,1-2H3,(H,16,17)(H,18,19);1-3H,9H2,(H,10,11);1-2H3;1-2H3,(H,8,9);1-3H;4H2,(H4,2,3,5);(H2,2,3,4);;. The summed E-state index contributed by atoms with van der Waals surface area (Å²) < 4.78 is 115. The third-order valence-electron chi connectivity index (χ3n) is 15.3. The van der Waals surface area contributed by atoms with Gasteiger partial charge in [-0.15, -0.1) is 10.2 Å². The zero-order chi connectivity index (χ0) is 110. The molecule has 4 amide bonds. The third kappa shape index (κ3) is 45.7. The van der Waals surface area contributed by atoms with Crippen molar-refractivity contribution in [2.24, 2.45) is 38.9 Å². The Morgan fingerprint density at radius 2 is 0.720 bits per heavy atom. The van der Waals surface area contributed by atoms with Crippen LogP contribution in [0.3, 0.4) is 0 Å². The molecule has 143 heavy (non-hydrogen) atoms. The van der Waals surface area contributed by atoms with E-state index in [1.54, 1.807) is 83.1 Å². The molecule has 12 aromatic rings. The summed E-state index contributed by atoms with van der Waals surface area (Å²) in [5.74, 6) is -3.30. The van der Waals surface area contributed by atoms with Crippen LogP contribution in [0.15, 0.2) is 128 Å². The fourth-order valence-electron chi connectivity index (χ4n) is 9.77. The number of aldehydes is 2. The molecule has 0 saturated heterocycles. The van der Waals surface area contributed by atoms with Crippen molar-refractivity contribution in [3.8, 4) is 11.4 Å². The number of nitrogens with two attached hydrogens (primary N) is 7. The van der Waals surface area contributed by atoms with E-state index in [1.165, 1.54) is 48.5 Å². The minimum absolute atomic E-state index is 0.00148. The molecule has 0 atom stereocenters. The number of carboxylic acid groups (broad SMARTS) is 5. The van der Waals surface area contributed by atoms with E-state index in [4.69, 9.17) is 123 Å². The lowest BCUT2D eigenvalue weighted by atomic mass is 10.1. The van der Waals surface area contributed by atoms with Crippen LogP contribution >= 0.6 is 65.9 Å². The maximum atomic E-state index is 13.9. The molecule has 0 aliphatic carbocycles. The molecule has 7 aromatic heterocycles. The lowest BCUT2D eigenvalue weighted by molar-refractivity contribution is -0.489. The van der Waals surface area contributed by atoms with Crippen LogP contribution in [0.25, 0.3) is 11.4 Å². The Morgan fingerprint density at radius 3 is 0.958 bits per heavy atom. The molecule has 0 bridgehead atoms. The Hall–Kier alpha value is -16.6. The predicted molar refractivity (Wildman–Crippen MR) is 503 cm³/mol. The highest BCUT2D eigenvalue weighted by Crippen LogP contribution is 2.27. The molecule has 0 spiro atoms. The number of ketones is 1. The molecule has 51 nitrogen and oxygen atoms in total. The van der Waals surface area contributed by atoms with Crippen molar-refractivity contribution in [2.45, 2.75) is 89.1 Å². The van der Waals surface area contributed by atoms with Gasteiger partial charge >= 0.3 is 30.1 Å². The van der Waals surface area contributed by atoms with E-state index in [-0.39, 0.29) is 110 Å². The van der Waals surface area contributed by atoms with Gasteiger partial charge in [0.15, 0.2) is 52.9 Å². The summed E-state index contributed by atoms with van der Waals surface area (Å²) in [7, 11) is 14.7. The number of H-pyrrole nitrogens is 1. The molecule has 12 rings (SSSR count). The van der Waals surface area contributed by atoms with Gasteiger partial charge in [0, 0.05) is 118 Å². The van der Waals surface area contributed by atoms with Gasteiger partial charge in [-0.1, -0.05) is 0 Å². The number of hydrazone groups is 1. The van der Waals surface area contributed by atoms with Crippen LogP contribution < -0.4 is 61.5 Å². The number of aromatic carboxylic acids is 3. The number of anilines is 6. The number of Topliss-reactive ketones (excluding diaryl/α,β-unsaturated/α-hetero) is 1. The largest absolute Gasteiger partial charge is 0.503 e. The molecule has 0 aliphatic rings. The number of guanidine groups is 2. The number of nitro groups is 1. The van der Waals surface area contributed by atoms with E-state index in [0.717, 1.165) is 42.5 Å². The molecular weight excluding hydrogens is 2090 g/mol. The monoisotopic (exact) mass is 2170 g/mol. The van der Waals surface area contributed by atoms with Gasteiger partial charge in [0.05, 0.1) is 62.0 Å². The number of nitrogens with zero attached hydrogens (tertiary/aromatic N) is 11. The van der Waals surface area contributed by atoms with Gasteiger partial charge in [0.1, 0.15) is 35.6 Å². The normalized spacial score (nSPS) is 9.83. The zero-order valence-corrected chi connectivity index (χ0v) is 81.3. The van der Waals surface area contributed by atoms with Crippen molar-refractivity contribution < 1.29 is 150 Å². The Bertz CT molecular complexity index is 6460. The summed E-state index contributed by atoms with van der Waals surface area (Å²) in [6, 6.07) is 16.2. The second kappa shape index (κ2) is 61.0. The van der Waals surface area contributed by atoms with Crippen molar-refractivity contribution in [3.05, 3.63) is 257 Å². The van der Waals surface area contributed by atoms with Crippen molar-refractivity contribution in [2.75, 3.05) is 39.3 Å². The van der Waals surface area contributed by atoms with Crippen LogP contribution in [-0.4, -0.2) is 185 Å². The number of nitrogens with one attached hydrogen (secondary N) is 5. The lowest BCUT2D eigenvalue weighted by Crippen LogP contribution is -2.24. The van der Waals surface area contributed by atoms with Gasteiger partial charge in [0.25, 0.3) is 34.1 Å². The number of aryl methyl sites for hydroxylation is 12. The molecule has 7 heterocycles. The van der Waals surface area contributed by atoms with Gasteiger partial charge in [0.2, 0.25) is 77.5 Å². The number of aromatic amines is 1. The van der Waals surface area contributed by atoms with E-state index < -0.39 is 140 Å². The van der Waals surface area contributed by atoms with E-state index in [9.17, 15) is 89.6 Å². The summed E-state index contributed by atoms with van der Waals surface area (Å²) in [5.41, 5.74) is 32.9. The number of halogens is 11. The number of aliphatic imine (C=N–C) groups is 1. The number of carbonyl (C=O) groups is 13. The van der Waals surface area contributed by atoms with Crippen LogP contribution in [0, 0.1) is 122 Å².